The van der Waals surface area contributed by atoms with Gasteiger partial charge in [0, 0.05) is 63.6 Å². The van der Waals surface area contributed by atoms with E-state index in [0.29, 0.717) is 30.4 Å². The average Bonchev–Trinajstić information content (AvgIpc) is 3.63. The minimum atomic E-state index is -1.16. The van der Waals surface area contributed by atoms with Crippen LogP contribution in [0.2, 0.25) is 0 Å². The largest absolute Gasteiger partial charge is 0.483 e. The van der Waals surface area contributed by atoms with Gasteiger partial charge in [0.25, 0.3) is 11.8 Å². The number of para-hydroxylation sites is 1. The molecule has 2 N–H and O–H groups in total. The number of hydrogen-bond donors (Lipinski definition) is 2. The highest BCUT2D eigenvalue weighted by Gasteiger charge is 2.38. The highest BCUT2D eigenvalue weighted by molar-refractivity contribution is 5.99. The Kier molecular flexibility index (Phi) is 9.59. The molecule has 3 heterocycles. The van der Waals surface area contributed by atoms with Crippen molar-refractivity contribution >= 4 is 46.5 Å². The van der Waals surface area contributed by atoms with Gasteiger partial charge in [0.05, 0.1) is 18.0 Å². The number of ketones is 1. The maximum absolute atomic E-state index is 13.5. The Labute approximate surface area is 258 Å². The molecule has 0 radical (unpaired) electrons. The maximum Gasteiger partial charge on any atom is 0.409 e. The molecule has 1 aliphatic carbocycles. The smallest absolute Gasteiger partial charge is 0.409 e. The molecule has 1 aromatic carbocycles. The van der Waals surface area contributed by atoms with Crippen molar-refractivity contribution in [1.29, 1.82) is 0 Å². The van der Waals surface area contributed by atoms with Gasteiger partial charge >= 0.3 is 12.1 Å². The number of fused-ring (bicyclic) bond motifs is 2. The molecule has 2 fully saturated rings. The summed E-state index contributed by atoms with van der Waals surface area (Å²) in [5.74, 6) is -2.52. The number of aliphatic carboxylic acids is 1. The van der Waals surface area contributed by atoms with Crippen molar-refractivity contribution in [2.24, 2.45) is 5.92 Å². The molecule has 238 valence electrons. The third-order valence-corrected chi connectivity index (χ3v) is 8.16. The molecule has 2 unspecified atom stereocenters. The third-order valence-electron chi connectivity index (χ3n) is 8.16. The minimum Gasteiger partial charge on any atom is -0.483 e. The van der Waals surface area contributed by atoms with E-state index in [1.165, 1.54) is 15.9 Å². The van der Waals surface area contributed by atoms with E-state index in [0.717, 1.165) is 5.57 Å². The summed E-state index contributed by atoms with van der Waals surface area (Å²) in [6.07, 6.45) is 1.29. The highest BCUT2D eigenvalue weighted by Crippen LogP contribution is 2.31. The van der Waals surface area contributed by atoms with Gasteiger partial charge in [0.1, 0.15) is 23.3 Å². The van der Waals surface area contributed by atoms with Crippen LogP contribution in [-0.2, 0) is 23.9 Å². The summed E-state index contributed by atoms with van der Waals surface area (Å²) in [6, 6.07) is 7.13. The number of nitrogens with zero attached hydrogens (tertiary/aromatic N) is 4. The fourth-order valence-electron chi connectivity index (χ4n) is 5.72. The quantitative estimate of drug-likeness (QED) is 0.367. The van der Waals surface area contributed by atoms with Crippen molar-refractivity contribution in [3.05, 3.63) is 47.7 Å². The molecule has 4 amide bonds. The van der Waals surface area contributed by atoms with Crippen molar-refractivity contribution in [3.63, 3.8) is 0 Å². The number of rotatable bonds is 10. The van der Waals surface area contributed by atoms with Crippen LogP contribution >= 0.6 is 0 Å². The number of carbonyl (C=O) groups excluding carboxylic acids is 5. The summed E-state index contributed by atoms with van der Waals surface area (Å²) in [5, 5.41) is 12.5. The lowest BCUT2D eigenvalue weighted by atomic mass is 10.1. The van der Waals surface area contributed by atoms with E-state index in [9.17, 15) is 33.9 Å². The van der Waals surface area contributed by atoms with E-state index in [2.05, 4.69) is 10.3 Å². The van der Waals surface area contributed by atoms with E-state index in [1.54, 1.807) is 36.1 Å². The summed E-state index contributed by atoms with van der Waals surface area (Å²) < 4.78 is 10.9. The van der Waals surface area contributed by atoms with E-state index in [1.807, 2.05) is 6.08 Å². The van der Waals surface area contributed by atoms with Crippen molar-refractivity contribution in [2.45, 2.75) is 32.2 Å². The van der Waals surface area contributed by atoms with Crippen LogP contribution in [0.4, 0.5) is 4.79 Å². The molecule has 14 nitrogen and oxygen atoms in total. The van der Waals surface area contributed by atoms with Crippen molar-refractivity contribution in [1.82, 2.24) is 25.0 Å². The molecule has 14 heteroatoms. The predicted octanol–water partition coefficient (Wildman–Crippen LogP) is 1.24. The molecule has 2 aromatic rings. The second-order valence-corrected chi connectivity index (χ2v) is 11.1. The number of pyridine rings is 1. The van der Waals surface area contributed by atoms with Crippen molar-refractivity contribution < 1.29 is 43.3 Å². The fraction of sp³-hybridized carbons (Fsp3) is 0.452. The first-order valence-corrected chi connectivity index (χ1v) is 14.9. The van der Waals surface area contributed by atoms with E-state index < -0.39 is 29.9 Å². The zero-order valence-corrected chi connectivity index (χ0v) is 24.9. The van der Waals surface area contributed by atoms with Gasteiger partial charge in [-0.1, -0.05) is 18.2 Å². The molecule has 5 rings (SSSR count). The molecule has 0 bridgehead atoms. The monoisotopic (exact) mass is 621 g/mol. The molecular formula is C31H35N5O9. The summed E-state index contributed by atoms with van der Waals surface area (Å²) in [5.41, 5.74) is 1.29. The molecule has 0 saturated carbocycles. The number of carboxylic acid groups (broad SMARTS) is 1. The van der Waals surface area contributed by atoms with E-state index >= 15 is 0 Å². The summed E-state index contributed by atoms with van der Waals surface area (Å²) in [6.45, 7) is 3.18. The van der Waals surface area contributed by atoms with Gasteiger partial charge in [0.2, 0.25) is 5.91 Å². The number of hydrogen-bond acceptors (Lipinski definition) is 9. The Morgan fingerprint density at radius 1 is 1.07 bits per heavy atom. The number of carbonyl (C=O) groups is 6. The van der Waals surface area contributed by atoms with Crippen LogP contribution in [0, 0.1) is 5.92 Å². The molecule has 2 aliphatic heterocycles. The number of benzene rings is 1. The highest BCUT2D eigenvalue weighted by atomic mass is 16.6. The predicted molar refractivity (Wildman–Crippen MR) is 158 cm³/mol. The van der Waals surface area contributed by atoms with Crippen LogP contribution in [0.1, 0.15) is 36.7 Å². The lowest BCUT2D eigenvalue weighted by Crippen LogP contribution is -2.56. The number of carboxylic acids is 1. The first-order valence-electron chi connectivity index (χ1n) is 14.9. The number of likely N-dealkylation sites (tertiary alicyclic amines) is 1. The van der Waals surface area contributed by atoms with Gasteiger partial charge in [-0.25, -0.2) is 9.78 Å². The topological polar surface area (TPSA) is 176 Å². The zero-order chi connectivity index (χ0) is 32.1. The number of ether oxygens (including phenoxy) is 2. The number of amides is 4. The Morgan fingerprint density at radius 2 is 1.80 bits per heavy atom. The van der Waals surface area contributed by atoms with Crippen LogP contribution in [0.3, 0.4) is 0 Å². The Bertz CT molecular complexity index is 1550. The normalized spacial score (nSPS) is 18.3. The standard InChI is InChI=1S/C31H35N5O9/c1-2-44-31(43)35-13-11-34(12-14-35)30(42)23(8-10-28(39)40)33-29(41)24-15-26(20-5-3-4-6-22(20)32-24)45-18-27(38)36-16-19-7-9-25(37)21(19)17-36/h3-7,15,21,23H,2,8-14,16-18H2,1H3,(H,33,41)(H,39,40). The van der Waals surface area contributed by atoms with Crippen molar-refractivity contribution in [2.75, 3.05) is 52.5 Å². The number of Topliss-reactive ketones (excluding diaryl/α,β-unsaturated/α-hetero) is 1. The van der Waals surface area contributed by atoms with Crippen LogP contribution in [0.15, 0.2) is 42.0 Å². The van der Waals surface area contributed by atoms with Gasteiger partial charge in [0.15, 0.2) is 6.61 Å². The average molecular weight is 622 g/mol. The zero-order valence-electron chi connectivity index (χ0n) is 24.9. The second kappa shape index (κ2) is 13.7. The van der Waals surface area contributed by atoms with Gasteiger partial charge in [-0.2, -0.15) is 0 Å². The van der Waals surface area contributed by atoms with Crippen LogP contribution in [0.5, 0.6) is 5.75 Å². The van der Waals surface area contributed by atoms with Gasteiger partial charge < -0.3 is 34.6 Å². The summed E-state index contributed by atoms with van der Waals surface area (Å²) in [7, 11) is 0. The number of aromatic nitrogens is 1. The van der Waals surface area contributed by atoms with Crippen LogP contribution in [0.25, 0.3) is 10.9 Å². The lowest BCUT2D eigenvalue weighted by molar-refractivity contribution is -0.138. The molecule has 3 aliphatic rings. The Hall–Kier alpha value is -5.01. The fourth-order valence-corrected chi connectivity index (χ4v) is 5.72. The van der Waals surface area contributed by atoms with Gasteiger partial charge in [-0.15, -0.1) is 0 Å². The van der Waals surface area contributed by atoms with Crippen molar-refractivity contribution in [3.8, 4) is 5.75 Å². The van der Waals surface area contributed by atoms with E-state index in [-0.39, 0.29) is 81.3 Å². The molecule has 2 atom stereocenters. The number of nitrogens with one attached hydrogen (secondary N) is 1. The van der Waals surface area contributed by atoms with Crippen LogP contribution in [-0.4, -0.2) is 119 Å². The summed E-state index contributed by atoms with van der Waals surface area (Å²) >= 11 is 0. The second-order valence-electron chi connectivity index (χ2n) is 11.1. The molecule has 1 aromatic heterocycles. The molecular weight excluding hydrogens is 586 g/mol. The molecule has 0 spiro atoms. The number of piperazine rings is 1. The van der Waals surface area contributed by atoms with Gasteiger partial charge in [-0.05, 0) is 31.1 Å². The minimum absolute atomic E-state index is 0.0807. The maximum atomic E-state index is 13.5. The Morgan fingerprint density at radius 3 is 2.51 bits per heavy atom. The first kappa shape index (κ1) is 31.4. The first-order chi connectivity index (χ1) is 21.6. The van der Waals surface area contributed by atoms with E-state index in [4.69, 9.17) is 9.47 Å². The molecule has 45 heavy (non-hydrogen) atoms. The summed E-state index contributed by atoms with van der Waals surface area (Å²) in [4.78, 5) is 84.2. The lowest BCUT2D eigenvalue weighted by Gasteiger charge is -2.35. The van der Waals surface area contributed by atoms with Crippen LogP contribution < -0.4 is 10.1 Å². The molecule has 2 saturated heterocycles. The number of allylic oxidation sites excluding steroid dienone is 1. The Balaban J connectivity index is 1.28. The van der Waals surface area contributed by atoms with Gasteiger partial charge in [-0.3, -0.25) is 24.0 Å². The third kappa shape index (κ3) is 7.21. The SMILES string of the molecule is CCOC(=O)N1CCN(C(=O)C(CCC(=O)O)NC(=O)c2cc(OCC(=O)N3CC4=CCC(=O)C4C3)c3ccccc3n2)CC1.